The lowest BCUT2D eigenvalue weighted by Crippen LogP contribution is -2.23. The summed E-state index contributed by atoms with van der Waals surface area (Å²) in [6, 6.07) is 16.9. The molecule has 0 aliphatic rings. The molecule has 0 aliphatic heterocycles. The summed E-state index contributed by atoms with van der Waals surface area (Å²) in [6.45, 7) is 0.420. The van der Waals surface area contributed by atoms with Gasteiger partial charge in [-0.15, -0.1) is 0 Å². The Kier molecular flexibility index (Phi) is 5.08. The SMILES string of the molecule is O=C(NCc1ccc(F)cc1F)c1cn(Cc2ccc(F)cc2)c2ccccc12. The van der Waals surface area contributed by atoms with E-state index in [2.05, 4.69) is 5.32 Å². The Morgan fingerprint density at radius 3 is 2.38 bits per heavy atom. The van der Waals surface area contributed by atoms with Gasteiger partial charge in [0.05, 0.1) is 5.56 Å². The maximum atomic E-state index is 13.8. The zero-order valence-corrected chi connectivity index (χ0v) is 15.3. The van der Waals surface area contributed by atoms with Gasteiger partial charge in [-0.3, -0.25) is 4.79 Å². The molecule has 1 N–H and O–H groups in total. The summed E-state index contributed by atoms with van der Waals surface area (Å²) >= 11 is 0. The van der Waals surface area contributed by atoms with Crippen molar-refractivity contribution in [1.82, 2.24) is 9.88 Å². The summed E-state index contributed by atoms with van der Waals surface area (Å²) in [7, 11) is 0. The molecular formula is C23H17F3N2O. The molecule has 1 amide bonds. The van der Waals surface area contributed by atoms with Crippen LogP contribution in [0.25, 0.3) is 10.9 Å². The van der Waals surface area contributed by atoms with Gasteiger partial charge in [-0.25, -0.2) is 13.2 Å². The molecule has 4 rings (SSSR count). The molecule has 0 bridgehead atoms. The third-order valence-corrected chi connectivity index (χ3v) is 4.75. The number of carbonyl (C=O) groups is 1. The molecule has 29 heavy (non-hydrogen) atoms. The van der Waals surface area contributed by atoms with E-state index in [4.69, 9.17) is 0 Å². The normalized spacial score (nSPS) is 11.0. The number of hydrogen-bond acceptors (Lipinski definition) is 1. The van der Waals surface area contributed by atoms with E-state index in [-0.39, 0.29) is 23.8 Å². The van der Waals surface area contributed by atoms with Crippen LogP contribution in [0.4, 0.5) is 13.2 Å². The number of aromatic nitrogens is 1. The fraction of sp³-hybridized carbons (Fsp3) is 0.0870. The standard InChI is InChI=1S/C23H17F3N2O/c24-17-8-5-15(6-9-17)13-28-14-20(19-3-1-2-4-22(19)28)23(29)27-12-16-7-10-18(25)11-21(16)26/h1-11,14H,12-13H2,(H,27,29). The number of benzene rings is 3. The van der Waals surface area contributed by atoms with Crippen molar-refractivity contribution in [2.24, 2.45) is 0 Å². The van der Waals surface area contributed by atoms with E-state index < -0.39 is 11.6 Å². The number of amides is 1. The molecule has 0 radical (unpaired) electrons. The van der Waals surface area contributed by atoms with Crippen LogP contribution in [0, 0.1) is 17.5 Å². The molecule has 1 aromatic heterocycles. The Bertz CT molecular complexity index is 1180. The van der Waals surface area contributed by atoms with Gasteiger partial charge in [0, 0.05) is 41.8 Å². The Morgan fingerprint density at radius 1 is 0.897 bits per heavy atom. The van der Waals surface area contributed by atoms with Crippen LogP contribution in [0.1, 0.15) is 21.5 Å². The van der Waals surface area contributed by atoms with Crippen LogP contribution in [0.5, 0.6) is 0 Å². The first-order chi connectivity index (χ1) is 14.0. The highest BCUT2D eigenvalue weighted by Gasteiger charge is 2.15. The van der Waals surface area contributed by atoms with Crippen molar-refractivity contribution in [2.45, 2.75) is 13.1 Å². The molecule has 0 aliphatic carbocycles. The number of nitrogens with one attached hydrogen (secondary N) is 1. The minimum atomic E-state index is -0.705. The average Bonchev–Trinajstić information content (AvgIpc) is 3.07. The predicted octanol–water partition coefficient (Wildman–Crippen LogP) is 5.04. The molecule has 0 atom stereocenters. The second kappa shape index (κ2) is 7.83. The second-order valence-corrected chi connectivity index (χ2v) is 6.73. The predicted molar refractivity (Wildman–Crippen MR) is 105 cm³/mol. The van der Waals surface area contributed by atoms with Gasteiger partial charge in [-0.2, -0.15) is 0 Å². The minimum absolute atomic E-state index is 0.0532. The number of carbonyl (C=O) groups excluding carboxylic acids is 1. The van der Waals surface area contributed by atoms with Crippen molar-refractivity contribution in [3.63, 3.8) is 0 Å². The lowest BCUT2D eigenvalue weighted by Gasteiger charge is -2.06. The number of halogens is 3. The second-order valence-electron chi connectivity index (χ2n) is 6.73. The van der Waals surface area contributed by atoms with Crippen LogP contribution in [-0.2, 0) is 13.1 Å². The summed E-state index contributed by atoms with van der Waals surface area (Å²) in [5, 5.41) is 3.44. The van der Waals surface area contributed by atoms with E-state index in [9.17, 15) is 18.0 Å². The Balaban J connectivity index is 1.59. The molecule has 146 valence electrons. The molecule has 0 saturated carbocycles. The Morgan fingerprint density at radius 2 is 1.62 bits per heavy atom. The van der Waals surface area contributed by atoms with E-state index in [1.165, 1.54) is 18.2 Å². The molecule has 3 nitrogen and oxygen atoms in total. The highest BCUT2D eigenvalue weighted by atomic mass is 19.1. The summed E-state index contributed by atoms with van der Waals surface area (Å²) < 4.78 is 41.9. The van der Waals surface area contributed by atoms with Crippen LogP contribution in [-0.4, -0.2) is 10.5 Å². The number of para-hydroxylation sites is 1. The highest BCUT2D eigenvalue weighted by molar-refractivity contribution is 6.07. The van der Waals surface area contributed by atoms with Crippen LogP contribution >= 0.6 is 0 Å². The van der Waals surface area contributed by atoms with Crippen LogP contribution < -0.4 is 5.32 Å². The quantitative estimate of drug-likeness (QED) is 0.506. The monoisotopic (exact) mass is 394 g/mol. The van der Waals surface area contributed by atoms with Gasteiger partial charge in [0.2, 0.25) is 0 Å². The van der Waals surface area contributed by atoms with E-state index in [0.29, 0.717) is 12.1 Å². The lowest BCUT2D eigenvalue weighted by molar-refractivity contribution is 0.0952. The fourth-order valence-corrected chi connectivity index (χ4v) is 3.28. The fourth-order valence-electron chi connectivity index (χ4n) is 3.28. The van der Waals surface area contributed by atoms with Crippen LogP contribution in [0.2, 0.25) is 0 Å². The van der Waals surface area contributed by atoms with Crippen molar-refractivity contribution < 1.29 is 18.0 Å². The maximum Gasteiger partial charge on any atom is 0.253 e. The van der Waals surface area contributed by atoms with Gasteiger partial charge in [0.15, 0.2) is 0 Å². The maximum absolute atomic E-state index is 13.8. The van der Waals surface area contributed by atoms with Crippen molar-refractivity contribution in [3.05, 3.63) is 107 Å². The first-order valence-electron chi connectivity index (χ1n) is 9.06. The third kappa shape index (κ3) is 4.01. The van der Waals surface area contributed by atoms with Crippen LogP contribution in [0.15, 0.2) is 72.9 Å². The van der Waals surface area contributed by atoms with Gasteiger partial charge in [-0.1, -0.05) is 36.4 Å². The van der Waals surface area contributed by atoms with Gasteiger partial charge in [-0.05, 0) is 29.8 Å². The first-order valence-corrected chi connectivity index (χ1v) is 9.06. The molecule has 4 aromatic rings. The van der Waals surface area contributed by atoms with E-state index >= 15 is 0 Å². The van der Waals surface area contributed by atoms with E-state index in [0.717, 1.165) is 28.6 Å². The Labute approximate surface area is 165 Å². The molecular weight excluding hydrogens is 377 g/mol. The van der Waals surface area contributed by atoms with Crippen molar-refractivity contribution in [2.75, 3.05) is 0 Å². The van der Waals surface area contributed by atoms with Gasteiger partial charge in [0.1, 0.15) is 17.5 Å². The summed E-state index contributed by atoms with van der Waals surface area (Å²) in [5.74, 6) is -2.03. The molecule has 3 aromatic carbocycles. The molecule has 0 saturated heterocycles. The first kappa shape index (κ1) is 18.8. The molecule has 0 fully saturated rings. The molecule has 6 heteroatoms. The minimum Gasteiger partial charge on any atom is -0.348 e. The number of rotatable bonds is 5. The topological polar surface area (TPSA) is 34.0 Å². The van der Waals surface area contributed by atoms with Crippen molar-refractivity contribution in [1.29, 1.82) is 0 Å². The van der Waals surface area contributed by atoms with Gasteiger partial charge in [0.25, 0.3) is 5.91 Å². The molecule has 1 heterocycles. The van der Waals surface area contributed by atoms with Crippen molar-refractivity contribution >= 4 is 16.8 Å². The van der Waals surface area contributed by atoms with E-state index in [1.54, 1.807) is 18.3 Å². The van der Waals surface area contributed by atoms with Gasteiger partial charge >= 0.3 is 0 Å². The number of hydrogen-bond donors (Lipinski definition) is 1. The number of fused-ring (bicyclic) bond motifs is 1. The lowest BCUT2D eigenvalue weighted by atomic mass is 10.1. The molecule has 0 unspecified atom stereocenters. The molecule has 0 spiro atoms. The zero-order chi connectivity index (χ0) is 20.4. The highest BCUT2D eigenvalue weighted by Crippen LogP contribution is 2.23. The van der Waals surface area contributed by atoms with E-state index in [1.807, 2.05) is 28.8 Å². The largest absolute Gasteiger partial charge is 0.348 e. The smallest absolute Gasteiger partial charge is 0.253 e. The Hall–Kier alpha value is -3.54. The third-order valence-electron chi connectivity index (χ3n) is 4.75. The summed E-state index contributed by atoms with van der Waals surface area (Å²) in [6.07, 6.45) is 1.73. The zero-order valence-electron chi connectivity index (χ0n) is 15.3. The van der Waals surface area contributed by atoms with Crippen LogP contribution in [0.3, 0.4) is 0 Å². The number of nitrogens with zero attached hydrogens (tertiary/aromatic N) is 1. The van der Waals surface area contributed by atoms with Crippen molar-refractivity contribution in [3.8, 4) is 0 Å². The summed E-state index contributed by atoms with van der Waals surface area (Å²) in [4.78, 5) is 12.8. The average molecular weight is 394 g/mol. The summed E-state index contributed by atoms with van der Waals surface area (Å²) in [5.41, 5.74) is 2.41. The van der Waals surface area contributed by atoms with Gasteiger partial charge < -0.3 is 9.88 Å².